The van der Waals surface area contributed by atoms with Gasteiger partial charge in [-0.25, -0.2) is 4.90 Å². The Labute approximate surface area is 222 Å². The van der Waals surface area contributed by atoms with Gasteiger partial charge in [-0.15, -0.1) is 5.10 Å². The van der Waals surface area contributed by atoms with E-state index < -0.39 is 35.7 Å². The summed E-state index contributed by atoms with van der Waals surface area (Å²) in [6.07, 6.45) is 3.88. The molecule has 0 N–H and O–H groups in total. The second kappa shape index (κ2) is 8.00. The zero-order valence-corrected chi connectivity index (χ0v) is 20.5. The molecule has 3 aromatic carbocycles. The molecule has 0 spiro atoms. The third kappa shape index (κ3) is 2.99. The van der Waals surface area contributed by atoms with E-state index in [1.54, 1.807) is 30.3 Å². The highest BCUT2D eigenvalue weighted by Gasteiger charge is 2.64. The van der Waals surface area contributed by atoms with Gasteiger partial charge in [-0.05, 0) is 35.9 Å². The number of fused-ring (bicyclic) bond motifs is 7. The number of imide groups is 1. The molecule has 10 heteroatoms. The third-order valence-corrected chi connectivity index (χ3v) is 8.01. The number of carbonyl (C=O) groups excluding carboxylic acids is 3. The number of para-hydroxylation sites is 2. The Balaban J connectivity index is 1.27. The zero-order chi connectivity index (χ0) is 26.2. The van der Waals surface area contributed by atoms with E-state index in [0.717, 1.165) is 11.3 Å². The van der Waals surface area contributed by atoms with E-state index in [2.05, 4.69) is 10.3 Å². The van der Waals surface area contributed by atoms with Crippen LogP contribution in [0.2, 0.25) is 0 Å². The van der Waals surface area contributed by atoms with Gasteiger partial charge in [0.25, 0.3) is 5.91 Å². The van der Waals surface area contributed by atoms with Crippen molar-refractivity contribution in [2.45, 2.75) is 12.1 Å². The van der Waals surface area contributed by atoms with Crippen molar-refractivity contribution >= 4 is 46.2 Å². The predicted molar refractivity (Wildman–Crippen MR) is 141 cm³/mol. The Morgan fingerprint density at radius 2 is 1.64 bits per heavy atom. The van der Waals surface area contributed by atoms with Crippen molar-refractivity contribution in [3.63, 3.8) is 0 Å². The van der Waals surface area contributed by atoms with Crippen LogP contribution in [0.3, 0.4) is 0 Å². The molecule has 4 aromatic rings. The van der Waals surface area contributed by atoms with Crippen molar-refractivity contribution in [2.24, 2.45) is 11.8 Å². The fourth-order valence-electron chi connectivity index (χ4n) is 6.38. The molecule has 192 valence electrons. The number of carbonyl (C=O) groups is 3. The van der Waals surface area contributed by atoms with E-state index in [-0.39, 0.29) is 5.91 Å². The summed E-state index contributed by atoms with van der Waals surface area (Å²) in [7, 11) is 0. The Morgan fingerprint density at radius 3 is 2.54 bits per heavy atom. The predicted octanol–water partition coefficient (Wildman–Crippen LogP) is 2.93. The van der Waals surface area contributed by atoms with E-state index >= 15 is 0 Å². The Kier molecular flexibility index (Phi) is 4.52. The maximum atomic E-state index is 14.3. The second-order valence-electron chi connectivity index (χ2n) is 9.98. The maximum Gasteiger partial charge on any atom is 0.272 e. The van der Waals surface area contributed by atoms with Crippen molar-refractivity contribution in [1.82, 2.24) is 15.0 Å². The van der Waals surface area contributed by atoms with Gasteiger partial charge in [-0.1, -0.05) is 47.7 Å². The summed E-state index contributed by atoms with van der Waals surface area (Å²) in [5, 5.41) is 8.30. The summed E-state index contributed by atoms with van der Waals surface area (Å²) in [5.74, 6) is -1.80. The lowest BCUT2D eigenvalue weighted by atomic mass is 9.88. The monoisotopic (exact) mass is 519 g/mol. The molecule has 0 aliphatic carbocycles. The van der Waals surface area contributed by atoms with E-state index in [1.165, 1.54) is 9.58 Å². The number of hydrogen-bond acceptors (Lipinski definition) is 8. The van der Waals surface area contributed by atoms with Crippen LogP contribution < -0.4 is 19.3 Å². The largest absolute Gasteiger partial charge is 0.486 e. The number of aromatic nitrogens is 3. The van der Waals surface area contributed by atoms with E-state index in [9.17, 15) is 14.4 Å². The highest BCUT2D eigenvalue weighted by molar-refractivity contribution is 6.25. The molecule has 1 aromatic heterocycles. The third-order valence-electron chi connectivity index (χ3n) is 8.01. The van der Waals surface area contributed by atoms with Crippen molar-refractivity contribution < 1.29 is 23.9 Å². The van der Waals surface area contributed by atoms with Crippen LogP contribution in [0.25, 0.3) is 17.1 Å². The molecule has 5 heterocycles. The molecule has 2 saturated heterocycles. The maximum absolute atomic E-state index is 14.3. The summed E-state index contributed by atoms with van der Waals surface area (Å²) in [6.45, 7) is 0.817. The lowest BCUT2D eigenvalue weighted by Crippen LogP contribution is -2.50. The quantitative estimate of drug-likeness (QED) is 0.372. The molecule has 0 radical (unpaired) electrons. The van der Waals surface area contributed by atoms with Crippen molar-refractivity contribution in [2.75, 3.05) is 23.0 Å². The number of amides is 2. The Hall–Kier alpha value is -4.99. The summed E-state index contributed by atoms with van der Waals surface area (Å²) in [5.41, 5.74) is 3.23. The summed E-state index contributed by atoms with van der Waals surface area (Å²) in [4.78, 5) is 45.6. The van der Waals surface area contributed by atoms with Crippen LogP contribution in [0.4, 0.5) is 11.4 Å². The molecular formula is C29H21N5O5. The van der Waals surface area contributed by atoms with Crippen LogP contribution in [0, 0.1) is 11.8 Å². The van der Waals surface area contributed by atoms with Gasteiger partial charge >= 0.3 is 0 Å². The minimum atomic E-state index is -0.963. The first-order chi connectivity index (χ1) is 19.1. The number of nitrogens with zero attached hydrogens (tertiary/aromatic N) is 5. The Bertz CT molecular complexity index is 1740. The molecule has 10 nitrogen and oxygen atoms in total. The fraction of sp³-hybridized carbons (Fsp3) is 0.207. The standard InChI is InChI=1S/C29H21N5O5/c35-27-24-21-11-9-16-5-1-3-7-19(16)33(21)26(29(37)34-20-8-4-2-6-18(20)30-31-34)25(24)28(36)32(27)17-10-12-22-23(15-17)39-14-13-38-22/h1-12,15,21,24-26H,13-14H2. The lowest BCUT2D eigenvalue weighted by molar-refractivity contribution is -0.122. The minimum absolute atomic E-state index is 0.348. The molecule has 2 amide bonds. The first kappa shape index (κ1) is 22.0. The molecule has 39 heavy (non-hydrogen) atoms. The van der Waals surface area contributed by atoms with Crippen LogP contribution in [0.5, 0.6) is 11.5 Å². The molecule has 8 rings (SSSR count). The number of ether oxygens (including phenoxy) is 2. The van der Waals surface area contributed by atoms with Crippen LogP contribution in [0.15, 0.2) is 72.8 Å². The first-order valence-corrected chi connectivity index (χ1v) is 12.8. The van der Waals surface area contributed by atoms with Crippen LogP contribution >= 0.6 is 0 Å². The SMILES string of the molecule is O=C1C2C(C(=O)N1c1ccc3c(c1)OCCO3)C(C(=O)n1nnc3ccccc31)N1c3ccccc3C=CC21. The molecule has 4 atom stereocenters. The molecule has 0 saturated carbocycles. The van der Waals surface area contributed by atoms with Gasteiger partial charge in [-0.3, -0.25) is 14.4 Å². The van der Waals surface area contributed by atoms with Crippen molar-refractivity contribution in [3.05, 3.63) is 78.4 Å². The summed E-state index contributed by atoms with van der Waals surface area (Å²) in [6, 6.07) is 18.4. The number of rotatable bonds is 2. The van der Waals surface area contributed by atoms with Gasteiger partial charge in [0.05, 0.1) is 29.1 Å². The lowest BCUT2D eigenvalue weighted by Gasteiger charge is -2.36. The summed E-state index contributed by atoms with van der Waals surface area (Å²) >= 11 is 0. The van der Waals surface area contributed by atoms with Gasteiger partial charge in [0.2, 0.25) is 11.8 Å². The minimum Gasteiger partial charge on any atom is -0.486 e. The van der Waals surface area contributed by atoms with Gasteiger partial charge < -0.3 is 14.4 Å². The van der Waals surface area contributed by atoms with Gasteiger partial charge in [0.15, 0.2) is 11.5 Å². The average molecular weight is 520 g/mol. The number of benzene rings is 3. The summed E-state index contributed by atoms with van der Waals surface area (Å²) < 4.78 is 12.6. The van der Waals surface area contributed by atoms with E-state index in [0.29, 0.717) is 41.4 Å². The van der Waals surface area contributed by atoms with Crippen molar-refractivity contribution in [3.8, 4) is 11.5 Å². The molecule has 0 bridgehead atoms. The molecular weight excluding hydrogens is 498 g/mol. The molecule has 2 fully saturated rings. The topological polar surface area (TPSA) is 107 Å². The fourth-order valence-corrected chi connectivity index (χ4v) is 6.38. The van der Waals surface area contributed by atoms with Gasteiger partial charge in [0, 0.05) is 11.8 Å². The van der Waals surface area contributed by atoms with Crippen molar-refractivity contribution in [1.29, 1.82) is 0 Å². The van der Waals surface area contributed by atoms with E-state index in [1.807, 2.05) is 53.5 Å². The zero-order valence-electron chi connectivity index (χ0n) is 20.5. The highest BCUT2D eigenvalue weighted by Crippen LogP contribution is 2.50. The average Bonchev–Trinajstić information content (AvgIpc) is 3.63. The van der Waals surface area contributed by atoms with Crippen LogP contribution in [-0.4, -0.2) is 58.0 Å². The number of hydrogen-bond donors (Lipinski definition) is 0. The molecule has 4 aliphatic heterocycles. The van der Waals surface area contributed by atoms with Gasteiger partial charge in [-0.2, -0.15) is 4.68 Å². The highest BCUT2D eigenvalue weighted by atomic mass is 16.6. The van der Waals surface area contributed by atoms with Crippen LogP contribution in [0.1, 0.15) is 10.4 Å². The number of anilines is 2. The van der Waals surface area contributed by atoms with Gasteiger partial charge in [0.1, 0.15) is 24.8 Å². The smallest absolute Gasteiger partial charge is 0.272 e. The van der Waals surface area contributed by atoms with Crippen LogP contribution in [-0.2, 0) is 9.59 Å². The normalized spacial score (nSPS) is 24.6. The Morgan fingerprint density at radius 1 is 0.872 bits per heavy atom. The second-order valence-corrected chi connectivity index (χ2v) is 9.98. The van der Waals surface area contributed by atoms with E-state index in [4.69, 9.17) is 9.47 Å². The molecule has 4 unspecified atom stereocenters. The first-order valence-electron chi connectivity index (χ1n) is 12.8. The molecule has 4 aliphatic rings.